The summed E-state index contributed by atoms with van der Waals surface area (Å²) in [7, 11) is 0. The maximum absolute atomic E-state index is 3.34. The Balaban J connectivity index is 0.000000381. The van der Waals surface area contributed by atoms with Crippen LogP contribution < -0.4 is 10.6 Å². The van der Waals surface area contributed by atoms with Gasteiger partial charge in [0.1, 0.15) is 0 Å². The van der Waals surface area contributed by atoms with Crippen LogP contribution >= 0.6 is 0 Å². The van der Waals surface area contributed by atoms with Crippen molar-refractivity contribution >= 4 is 0 Å². The third kappa shape index (κ3) is 8.58. The molecule has 0 atom stereocenters. The molecule has 5 rings (SSSR count). The highest BCUT2D eigenvalue weighted by atomic mass is 14.9. The summed E-state index contributed by atoms with van der Waals surface area (Å²) in [6.07, 6.45) is 9.37. The van der Waals surface area contributed by atoms with E-state index in [4.69, 9.17) is 0 Å². The topological polar surface area (TPSA) is 24.1 Å². The Morgan fingerprint density at radius 2 is 0.964 bits per heavy atom. The average Bonchev–Trinajstić information content (AvgIpc) is 3.19. The standard InChI is InChI=1S/C9H11N.C9H10.C5H11N.3CH4/c1-2-4-9-7-10-6-5-8(9)3-1;1-2-5-9-7-3-6-8(9)4-1;1-2-4-6-5-3-1;;;/h1-4,10H,5-7H2;1-2,4-5H,3,6-7H2;6H,1-5H2;3*1H4. The maximum atomic E-state index is 3.34. The SMILES string of the molecule is C.C.C.C1CCNCC1.c1ccc2c(c1)CCC2.c1ccc2c(c1)CCNC2. The van der Waals surface area contributed by atoms with E-state index in [1.54, 1.807) is 11.1 Å². The first-order chi connectivity index (χ1) is 12.4. The van der Waals surface area contributed by atoms with Crippen LogP contribution in [0, 0.1) is 0 Å². The van der Waals surface area contributed by atoms with E-state index in [1.165, 1.54) is 69.2 Å². The molecule has 0 saturated carbocycles. The van der Waals surface area contributed by atoms with Gasteiger partial charge in [-0.05, 0) is 80.4 Å². The number of piperidine rings is 1. The molecule has 0 bridgehead atoms. The zero-order chi connectivity index (χ0) is 17.2. The molecule has 2 nitrogen and oxygen atoms in total. The van der Waals surface area contributed by atoms with Crippen LogP contribution in [0.4, 0.5) is 0 Å². The third-order valence-electron chi connectivity index (χ3n) is 5.22. The van der Waals surface area contributed by atoms with Crippen LogP contribution in [-0.4, -0.2) is 19.6 Å². The zero-order valence-electron chi connectivity index (χ0n) is 15.4. The summed E-state index contributed by atoms with van der Waals surface area (Å²) in [5.74, 6) is 0. The summed E-state index contributed by atoms with van der Waals surface area (Å²) < 4.78 is 0. The summed E-state index contributed by atoms with van der Waals surface area (Å²) in [5.41, 5.74) is 6.12. The molecule has 28 heavy (non-hydrogen) atoms. The van der Waals surface area contributed by atoms with Crippen molar-refractivity contribution in [1.29, 1.82) is 0 Å². The van der Waals surface area contributed by atoms with Gasteiger partial charge in [0, 0.05) is 6.54 Å². The summed E-state index contributed by atoms with van der Waals surface area (Å²) in [5, 5.41) is 6.63. The fourth-order valence-corrected chi connectivity index (χ4v) is 3.74. The fourth-order valence-electron chi connectivity index (χ4n) is 3.74. The van der Waals surface area contributed by atoms with E-state index >= 15 is 0 Å². The number of hydrogen-bond acceptors (Lipinski definition) is 2. The molecule has 0 spiro atoms. The van der Waals surface area contributed by atoms with Crippen molar-refractivity contribution in [2.45, 2.75) is 73.8 Å². The molecule has 0 unspecified atom stereocenters. The summed E-state index contributed by atoms with van der Waals surface area (Å²) in [6.45, 7) is 4.69. The van der Waals surface area contributed by atoms with E-state index < -0.39 is 0 Å². The Morgan fingerprint density at radius 1 is 0.464 bits per heavy atom. The molecule has 2 N–H and O–H groups in total. The van der Waals surface area contributed by atoms with Gasteiger partial charge in [0.15, 0.2) is 0 Å². The van der Waals surface area contributed by atoms with Gasteiger partial charge in [0.05, 0.1) is 0 Å². The van der Waals surface area contributed by atoms with Crippen LogP contribution in [0.3, 0.4) is 0 Å². The normalized spacial score (nSPS) is 16.0. The lowest BCUT2D eigenvalue weighted by Gasteiger charge is -2.15. The minimum atomic E-state index is 0. The number of nitrogens with one attached hydrogen (secondary N) is 2. The largest absolute Gasteiger partial charge is 0.317 e. The van der Waals surface area contributed by atoms with Gasteiger partial charge in [-0.15, -0.1) is 0 Å². The molecule has 2 aliphatic heterocycles. The predicted molar refractivity (Wildman–Crippen MR) is 127 cm³/mol. The first-order valence-corrected chi connectivity index (χ1v) is 9.98. The second kappa shape index (κ2) is 15.3. The molecular weight excluding hydrogens is 340 g/mol. The van der Waals surface area contributed by atoms with Crippen molar-refractivity contribution < 1.29 is 0 Å². The molecule has 2 heteroatoms. The first-order valence-electron chi connectivity index (χ1n) is 9.98. The van der Waals surface area contributed by atoms with Crippen LogP contribution in [-0.2, 0) is 25.8 Å². The molecule has 1 fully saturated rings. The molecule has 2 heterocycles. The minimum absolute atomic E-state index is 0. The molecule has 2 aromatic rings. The van der Waals surface area contributed by atoms with E-state index in [9.17, 15) is 0 Å². The molecule has 3 aliphatic rings. The lowest BCUT2D eigenvalue weighted by Crippen LogP contribution is -2.23. The van der Waals surface area contributed by atoms with Crippen LogP contribution in [0.25, 0.3) is 0 Å². The minimum Gasteiger partial charge on any atom is -0.317 e. The van der Waals surface area contributed by atoms with Crippen molar-refractivity contribution in [2.75, 3.05) is 19.6 Å². The average molecular weight is 385 g/mol. The molecule has 1 aliphatic carbocycles. The van der Waals surface area contributed by atoms with Gasteiger partial charge in [0.2, 0.25) is 0 Å². The fraction of sp³-hybridized carbons (Fsp3) is 0.538. The van der Waals surface area contributed by atoms with Gasteiger partial charge >= 0.3 is 0 Å². The molecule has 158 valence electrons. The highest BCUT2D eigenvalue weighted by Gasteiger charge is 2.07. The van der Waals surface area contributed by atoms with Gasteiger partial charge in [-0.3, -0.25) is 0 Å². The van der Waals surface area contributed by atoms with E-state index in [0.717, 1.165) is 13.1 Å². The number of aryl methyl sites for hydroxylation is 2. The maximum Gasteiger partial charge on any atom is 0.0208 e. The van der Waals surface area contributed by atoms with E-state index in [2.05, 4.69) is 59.2 Å². The quantitative estimate of drug-likeness (QED) is 0.567. The lowest BCUT2D eigenvalue weighted by molar-refractivity contribution is 0.520. The Kier molecular flexibility index (Phi) is 14.4. The van der Waals surface area contributed by atoms with Gasteiger partial charge < -0.3 is 10.6 Å². The van der Waals surface area contributed by atoms with Crippen LogP contribution in [0.1, 0.15) is 70.2 Å². The Bertz CT molecular complexity index is 572. The van der Waals surface area contributed by atoms with Gasteiger partial charge in [0.25, 0.3) is 0 Å². The van der Waals surface area contributed by atoms with Crippen LogP contribution in [0.15, 0.2) is 48.5 Å². The Hall–Kier alpha value is -1.64. The monoisotopic (exact) mass is 384 g/mol. The number of rotatable bonds is 0. The van der Waals surface area contributed by atoms with Crippen LogP contribution in [0.2, 0.25) is 0 Å². The van der Waals surface area contributed by atoms with Crippen molar-refractivity contribution in [3.63, 3.8) is 0 Å². The van der Waals surface area contributed by atoms with E-state index in [-0.39, 0.29) is 22.3 Å². The Morgan fingerprint density at radius 3 is 1.39 bits per heavy atom. The van der Waals surface area contributed by atoms with E-state index in [1.807, 2.05) is 0 Å². The summed E-state index contributed by atoms with van der Waals surface area (Å²) >= 11 is 0. The smallest absolute Gasteiger partial charge is 0.0208 e. The number of fused-ring (bicyclic) bond motifs is 2. The number of hydrogen-bond donors (Lipinski definition) is 2. The predicted octanol–water partition coefficient (Wildman–Crippen LogP) is 6.18. The zero-order valence-corrected chi connectivity index (χ0v) is 15.4. The molecule has 1 saturated heterocycles. The van der Waals surface area contributed by atoms with Gasteiger partial charge in [-0.25, -0.2) is 0 Å². The third-order valence-corrected chi connectivity index (χ3v) is 5.22. The van der Waals surface area contributed by atoms with Crippen molar-refractivity contribution in [3.05, 3.63) is 70.8 Å². The number of benzene rings is 2. The second-order valence-electron chi connectivity index (χ2n) is 7.13. The molecule has 2 aromatic carbocycles. The van der Waals surface area contributed by atoms with Crippen molar-refractivity contribution in [2.24, 2.45) is 0 Å². The first kappa shape index (κ1) is 26.4. The highest BCUT2D eigenvalue weighted by Crippen LogP contribution is 2.20. The van der Waals surface area contributed by atoms with Crippen LogP contribution in [0.5, 0.6) is 0 Å². The van der Waals surface area contributed by atoms with Crippen molar-refractivity contribution in [1.82, 2.24) is 10.6 Å². The lowest BCUT2D eigenvalue weighted by atomic mass is 10.0. The van der Waals surface area contributed by atoms with E-state index in [0.29, 0.717) is 0 Å². The highest BCUT2D eigenvalue weighted by molar-refractivity contribution is 5.30. The van der Waals surface area contributed by atoms with Gasteiger partial charge in [-0.1, -0.05) is 77.2 Å². The molecule has 0 amide bonds. The molecular formula is C26H44N2. The van der Waals surface area contributed by atoms with Crippen molar-refractivity contribution in [3.8, 4) is 0 Å². The van der Waals surface area contributed by atoms with Gasteiger partial charge in [-0.2, -0.15) is 0 Å². The summed E-state index contributed by atoms with van der Waals surface area (Å²) in [6, 6.07) is 17.4. The summed E-state index contributed by atoms with van der Waals surface area (Å²) in [4.78, 5) is 0. The molecule has 0 radical (unpaired) electrons. The second-order valence-corrected chi connectivity index (χ2v) is 7.13. The molecule has 0 aromatic heterocycles. The Labute approximate surface area is 175 Å².